The van der Waals surface area contributed by atoms with Gasteiger partial charge < -0.3 is 15.4 Å². The van der Waals surface area contributed by atoms with Crippen LogP contribution in [0.25, 0.3) is 0 Å². The summed E-state index contributed by atoms with van der Waals surface area (Å²) in [6, 6.07) is 16.1. The average molecular weight is 423 g/mol. The molecule has 1 saturated heterocycles. The Morgan fingerprint density at radius 3 is 2.45 bits per heavy atom. The first-order valence-corrected chi connectivity index (χ1v) is 11.0. The number of ether oxygens (including phenoxy) is 1. The van der Waals surface area contributed by atoms with Crippen molar-refractivity contribution in [3.63, 3.8) is 0 Å². The van der Waals surface area contributed by atoms with Gasteiger partial charge in [0.05, 0.1) is 12.6 Å². The number of ketones is 1. The maximum Gasteiger partial charge on any atom is 0.244 e. The van der Waals surface area contributed by atoms with Crippen LogP contribution in [0.5, 0.6) is 5.75 Å². The molecule has 31 heavy (non-hydrogen) atoms. The number of aryl methyl sites for hydroxylation is 1. The summed E-state index contributed by atoms with van der Waals surface area (Å²) < 4.78 is 5.69. The monoisotopic (exact) mass is 422 g/mol. The van der Waals surface area contributed by atoms with E-state index in [4.69, 9.17) is 4.74 Å². The molecule has 6 nitrogen and oxygen atoms in total. The van der Waals surface area contributed by atoms with Crippen molar-refractivity contribution in [3.8, 4) is 5.75 Å². The predicted molar refractivity (Wildman–Crippen MR) is 120 cm³/mol. The molecule has 1 fully saturated rings. The molecule has 0 aromatic heterocycles. The van der Waals surface area contributed by atoms with E-state index >= 15 is 0 Å². The quantitative estimate of drug-likeness (QED) is 0.425. The topological polar surface area (TPSA) is 84.5 Å². The summed E-state index contributed by atoms with van der Waals surface area (Å²) in [5, 5.41) is 5.34. The number of benzene rings is 2. The molecule has 1 aliphatic rings. The first kappa shape index (κ1) is 22.5. The molecule has 2 aromatic rings. The van der Waals surface area contributed by atoms with E-state index in [9.17, 15) is 14.4 Å². The van der Waals surface area contributed by atoms with Crippen LogP contribution in [0, 0.1) is 5.92 Å². The molecule has 2 amide bonds. The van der Waals surface area contributed by atoms with E-state index in [0.717, 1.165) is 24.2 Å². The Morgan fingerprint density at radius 2 is 1.74 bits per heavy atom. The zero-order chi connectivity index (χ0) is 22.1. The Labute approximate surface area is 183 Å². The van der Waals surface area contributed by atoms with Gasteiger partial charge in [-0.25, -0.2) is 0 Å². The fourth-order valence-electron chi connectivity index (χ4n) is 3.64. The molecule has 0 aliphatic carbocycles. The number of Topliss-reactive ketones (excluding diaryl/α,β-unsaturated/α-hetero) is 1. The Balaban J connectivity index is 1.49. The summed E-state index contributed by atoms with van der Waals surface area (Å²) in [7, 11) is 0. The number of carbonyl (C=O) groups excluding carboxylic acids is 3. The van der Waals surface area contributed by atoms with Gasteiger partial charge in [-0.2, -0.15) is 0 Å². The smallest absolute Gasteiger partial charge is 0.244 e. The van der Waals surface area contributed by atoms with E-state index in [1.54, 1.807) is 24.3 Å². The van der Waals surface area contributed by atoms with Crippen LogP contribution in [-0.2, 0) is 20.8 Å². The standard InChI is InChI=1S/C25H30N2O4/c1-2-3-4-8-17-31-20-14-12-19(13-15-20)26-24(29)22-23(28)21(27-25(22)30)16-11-18-9-6-5-7-10-18/h5-7,9-10,12-15,21-22H,2-4,8,11,16-17H2,1H3,(H,26,29)(H,27,30). The Morgan fingerprint density at radius 1 is 1.00 bits per heavy atom. The number of amides is 2. The van der Waals surface area contributed by atoms with Gasteiger partial charge in [0.2, 0.25) is 11.8 Å². The van der Waals surface area contributed by atoms with Crippen molar-refractivity contribution in [2.75, 3.05) is 11.9 Å². The molecule has 2 N–H and O–H groups in total. The van der Waals surface area contributed by atoms with E-state index in [1.807, 2.05) is 30.3 Å². The summed E-state index contributed by atoms with van der Waals surface area (Å²) in [6.07, 6.45) is 5.68. The fourth-order valence-corrected chi connectivity index (χ4v) is 3.64. The van der Waals surface area contributed by atoms with Crippen LogP contribution >= 0.6 is 0 Å². The molecule has 2 aromatic carbocycles. The first-order chi connectivity index (χ1) is 15.1. The van der Waals surface area contributed by atoms with Gasteiger partial charge in [-0.1, -0.05) is 56.5 Å². The molecule has 2 unspecified atom stereocenters. The van der Waals surface area contributed by atoms with E-state index < -0.39 is 23.8 Å². The average Bonchev–Trinajstić information content (AvgIpc) is 3.07. The first-order valence-electron chi connectivity index (χ1n) is 11.0. The highest BCUT2D eigenvalue weighted by Crippen LogP contribution is 2.20. The van der Waals surface area contributed by atoms with Crippen LogP contribution in [0.1, 0.15) is 44.6 Å². The third-order valence-electron chi connectivity index (χ3n) is 5.42. The summed E-state index contributed by atoms with van der Waals surface area (Å²) in [5.41, 5.74) is 1.61. The van der Waals surface area contributed by atoms with Crippen molar-refractivity contribution >= 4 is 23.3 Å². The summed E-state index contributed by atoms with van der Waals surface area (Å²) >= 11 is 0. The number of anilines is 1. The van der Waals surface area contributed by atoms with Crippen LogP contribution < -0.4 is 15.4 Å². The summed E-state index contributed by atoms with van der Waals surface area (Å²) in [5.74, 6) is -2.09. The molecular formula is C25H30N2O4. The van der Waals surface area contributed by atoms with Gasteiger partial charge in [-0.15, -0.1) is 0 Å². The number of hydrogen-bond donors (Lipinski definition) is 2. The molecule has 0 radical (unpaired) electrons. The Bertz CT molecular complexity index is 880. The van der Waals surface area contributed by atoms with Gasteiger partial charge in [-0.3, -0.25) is 14.4 Å². The second-order valence-electron chi connectivity index (χ2n) is 7.84. The molecular weight excluding hydrogens is 392 g/mol. The van der Waals surface area contributed by atoms with Crippen LogP contribution in [0.4, 0.5) is 5.69 Å². The lowest BCUT2D eigenvalue weighted by Crippen LogP contribution is -2.32. The summed E-state index contributed by atoms with van der Waals surface area (Å²) in [6.45, 7) is 2.83. The highest BCUT2D eigenvalue weighted by Gasteiger charge is 2.45. The zero-order valence-electron chi connectivity index (χ0n) is 17.9. The molecule has 0 bridgehead atoms. The normalized spacial score (nSPS) is 18.0. The van der Waals surface area contributed by atoms with Crippen LogP contribution in [0.2, 0.25) is 0 Å². The van der Waals surface area contributed by atoms with Crippen molar-refractivity contribution in [1.82, 2.24) is 5.32 Å². The van der Waals surface area contributed by atoms with Crippen molar-refractivity contribution in [1.29, 1.82) is 0 Å². The third-order valence-corrected chi connectivity index (χ3v) is 5.42. The number of hydrogen-bond acceptors (Lipinski definition) is 4. The van der Waals surface area contributed by atoms with Gasteiger partial charge in [-0.05, 0) is 49.1 Å². The van der Waals surface area contributed by atoms with Crippen LogP contribution in [-0.4, -0.2) is 30.2 Å². The predicted octanol–water partition coefficient (Wildman–Crippen LogP) is 3.90. The Hall–Kier alpha value is -3.15. The second kappa shape index (κ2) is 11.3. The van der Waals surface area contributed by atoms with Gasteiger partial charge in [0.25, 0.3) is 0 Å². The number of rotatable bonds is 11. The van der Waals surface area contributed by atoms with Crippen molar-refractivity contribution in [2.45, 2.75) is 51.5 Å². The maximum absolute atomic E-state index is 12.7. The lowest BCUT2D eigenvalue weighted by molar-refractivity contribution is -0.135. The van der Waals surface area contributed by atoms with Crippen LogP contribution in [0.3, 0.4) is 0 Å². The minimum atomic E-state index is -1.31. The van der Waals surface area contributed by atoms with Gasteiger partial charge in [0.1, 0.15) is 5.75 Å². The molecule has 2 atom stereocenters. The minimum absolute atomic E-state index is 0.370. The molecule has 1 aliphatic heterocycles. The molecule has 3 rings (SSSR count). The molecule has 164 valence electrons. The highest BCUT2D eigenvalue weighted by atomic mass is 16.5. The fraction of sp³-hybridized carbons (Fsp3) is 0.400. The number of unbranched alkanes of at least 4 members (excludes halogenated alkanes) is 3. The van der Waals surface area contributed by atoms with E-state index in [0.29, 0.717) is 25.1 Å². The van der Waals surface area contributed by atoms with Crippen molar-refractivity contribution in [2.24, 2.45) is 5.92 Å². The SMILES string of the molecule is CCCCCCOc1ccc(NC(=O)C2C(=O)NC(CCc3ccccc3)C2=O)cc1. The summed E-state index contributed by atoms with van der Waals surface area (Å²) in [4.78, 5) is 37.5. The van der Waals surface area contributed by atoms with E-state index in [2.05, 4.69) is 17.6 Å². The van der Waals surface area contributed by atoms with Crippen molar-refractivity contribution < 1.29 is 19.1 Å². The number of nitrogens with one attached hydrogen (secondary N) is 2. The molecule has 0 saturated carbocycles. The number of carbonyl (C=O) groups is 3. The van der Waals surface area contributed by atoms with Crippen LogP contribution in [0.15, 0.2) is 54.6 Å². The van der Waals surface area contributed by atoms with Crippen molar-refractivity contribution in [3.05, 3.63) is 60.2 Å². The molecule has 6 heteroatoms. The molecule has 0 spiro atoms. The highest BCUT2D eigenvalue weighted by molar-refractivity contribution is 6.26. The largest absolute Gasteiger partial charge is 0.494 e. The van der Waals surface area contributed by atoms with E-state index in [-0.39, 0.29) is 5.78 Å². The van der Waals surface area contributed by atoms with E-state index in [1.165, 1.54) is 12.8 Å². The van der Waals surface area contributed by atoms with Gasteiger partial charge in [0.15, 0.2) is 11.7 Å². The second-order valence-corrected chi connectivity index (χ2v) is 7.84. The lowest BCUT2D eigenvalue weighted by Gasteiger charge is -2.10. The van der Waals surface area contributed by atoms with Gasteiger partial charge in [0, 0.05) is 5.69 Å². The third kappa shape index (κ3) is 6.41. The Kier molecular flexibility index (Phi) is 8.21. The minimum Gasteiger partial charge on any atom is -0.494 e. The van der Waals surface area contributed by atoms with Gasteiger partial charge >= 0.3 is 0 Å². The zero-order valence-corrected chi connectivity index (χ0v) is 17.9. The molecule has 1 heterocycles. The lowest BCUT2D eigenvalue weighted by atomic mass is 9.97. The maximum atomic E-state index is 12.7.